The number of benzene rings is 1. The van der Waals surface area contributed by atoms with Crippen LogP contribution in [0, 0.1) is 3.57 Å². The Labute approximate surface area is 284 Å². The van der Waals surface area contributed by atoms with Gasteiger partial charge in [-0.2, -0.15) is 0 Å². The average Bonchev–Trinajstić information content (AvgIpc) is 3.00. The number of carbonyl (C=O) groups excluding carboxylic acids is 4. The first-order valence-electron chi connectivity index (χ1n) is 16.0. The summed E-state index contributed by atoms with van der Waals surface area (Å²) in [6, 6.07) is 5.95. The molecule has 0 aromatic heterocycles. The highest BCUT2D eigenvalue weighted by Gasteiger charge is 2.19. The Morgan fingerprint density at radius 2 is 1.33 bits per heavy atom. The number of ether oxygens (including phenoxy) is 1. The van der Waals surface area contributed by atoms with Gasteiger partial charge in [-0.25, -0.2) is 9.59 Å². The van der Waals surface area contributed by atoms with Gasteiger partial charge in [-0.3, -0.25) is 19.2 Å². The Morgan fingerprint density at radius 1 is 0.717 bits per heavy atom. The standard InChI is InChI=1S/C32H49IN4O9/c1-23(14-19-29(40)41)36-32(45)46-22-10-4-8-20-34-27(38)12-5-2-3-6-13-28(39)37-26(31(43)44)11-7-9-21-35-30(42)24-15-17-25(33)18-16-24/h15-18,23,26H,2-14,19-22H2,1H3,(H,34,38)(H,35,42)(H,36,45)(H,37,39)(H,40,41)(H,43,44)/t23-,26?/m1/s1/i33+4. The predicted octanol–water partition coefficient (Wildman–Crippen LogP) is 4.37. The van der Waals surface area contributed by atoms with E-state index in [1.807, 2.05) is 12.1 Å². The van der Waals surface area contributed by atoms with Gasteiger partial charge in [0.2, 0.25) is 11.8 Å². The summed E-state index contributed by atoms with van der Waals surface area (Å²) in [6.07, 6.45) is 6.78. The number of hydrogen-bond donors (Lipinski definition) is 6. The zero-order chi connectivity index (χ0) is 34.2. The van der Waals surface area contributed by atoms with Crippen molar-refractivity contribution in [2.45, 2.75) is 109 Å². The number of amides is 4. The molecule has 0 aliphatic heterocycles. The molecule has 1 aromatic carbocycles. The van der Waals surface area contributed by atoms with Crippen molar-refractivity contribution in [1.29, 1.82) is 0 Å². The zero-order valence-electron chi connectivity index (χ0n) is 26.6. The Hall–Kier alpha value is -3.43. The van der Waals surface area contributed by atoms with Gasteiger partial charge < -0.3 is 36.2 Å². The van der Waals surface area contributed by atoms with Gasteiger partial charge in [-0.1, -0.05) is 12.8 Å². The molecule has 0 aliphatic carbocycles. The summed E-state index contributed by atoms with van der Waals surface area (Å²) < 4.78 is 6.11. The predicted molar refractivity (Wildman–Crippen MR) is 180 cm³/mol. The number of alkyl carbamates (subject to hydrolysis) is 1. The molecule has 4 amide bonds. The topological polar surface area (TPSA) is 200 Å². The number of carboxylic acids is 2. The Kier molecular flexibility index (Phi) is 21.8. The van der Waals surface area contributed by atoms with Gasteiger partial charge >= 0.3 is 18.0 Å². The maximum absolute atomic E-state index is 12.2. The molecular weight excluding hydrogens is 715 g/mol. The first-order valence-corrected chi connectivity index (χ1v) is 17.0. The lowest BCUT2D eigenvalue weighted by molar-refractivity contribution is -0.142. The molecule has 14 heteroatoms. The molecule has 1 rings (SSSR count). The number of halogens is 1. The van der Waals surface area contributed by atoms with Crippen molar-refractivity contribution < 1.29 is 43.7 Å². The number of nitrogens with one attached hydrogen (secondary N) is 4. The van der Waals surface area contributed by atoms with Gasteiger partial charge in [0, 0.05) is 47.5 Å². The molecule has 0 bridgehead atoms. The molecule has 1 aromatic rings. The van der Waals surface area contributed by atoms with Gasteiger partial charge in [-0.05, 0) is 112 Å². The molecule has 0 saturated carbocycles. The summed E-state index contributed by atoms with van der Waals surface area (Å²) in [5.74, 6) is -2.53. The van der Waals surface area contributed by atoms with E-state index in [0.29, 0.717) is 63.6 Å². The number of rotatable bonds is 25. The number of unbranched alkanes of at least 4 members (excludes halogenated alkanes) is 6. The highest BCUT2D eigenvalue weighted by Crippen LogP contribution is 2.09. The maximum atomic E-state index is 12.2. The van der Waals surface area contributed by atoms with Gasteiger partial charge in [0.05, 0.1) is 6.61 Å². The van der Waals surface area contributed by atoms with Crippen molar-refractivity contribution in [3.05, 3.63) is 33.4 Å². The molecule has 0 radical (unpaired) electrons. The highest BCUT2D eigenvalue weighted by molar-refractivity contribution is 14.1. The SMILES string of the molecule is C[C@H](CCC(=O)O)NC(=O)OCCCCCNC(=O)CCCCCCC(=O)NC(CCCCNC(=O)c1ccc([131I])cc1)C(=O)O. The number of carbonyl (C=O) groups is 6. The zero-order valence-corrected chi connectivity index (χ0v) is 28.8. The van der Waals surface area contributed by atoms with E-state index >= 15 is 0 Å². The lowest BCUT2D eigenvalue weighted by Crippen LogP contribution is -2.40. The molecule has 258 valence electrons. The van der Waals surface area contributed by atoms with E-state index in [1.54, 1.807) is 19.1 Å². The largest absolute Gasteiger partial charge is 0.481 e. The third-order valence-corrected chi connectivity index (χ3v) is 7.75. The van der Waals surface area contributed by atoms with Crippen LogP contribution in [-0.4, -0.2) is 77.7 Å². The van der Waals surface area contributed by atoms with Crippen LogP contribution in [-0.2, 0) is 23.9 Å². The molecule has 13 nitrogen and oxygen atoms in total. The molecule has 0 fully saturated rings. The van der Waals surface area contributed by atoms with Gasteiger partial charge in [0.25, 0.3) is 5.91 Å². The maximum Gasteiger partial charge on any atom is 0.407 e. The van der Waals surface area contributed by atoms with Crippen molar-refractivity contribution in [2.24, 2.45) is 0 Å². The van der Waals surface area contributed by atoms with E-state index in [2.05, 4.69) is 43.9 Å². The van der Waals surface area contributed by atoms with Crippen LogP contribution < -0.4 is 21.3 Å². The number of aliphatic carboxylic acids is 2. The fraction of sp³-hybridized carbons (Fsp3) is 0.625. The van der Waals surface area contributed by atoms with Crippen LogP contribution in [0.3, 0.4) is 0 Å². The second-order valence-electron chi connectivity index (χ2n) is 11.2. The lowest BCUT2D eigenvalue weighted by Gasteiger charge is -2.14. The first-order chi connectivity index (χ1) is 22.0. The quantitative estimate of drug-likeness (QED) is 0.0618. The molecule has 2 atom stereocenters. The molecule has 1 unspecified atom stereocenters. The van der Waals surface area contributed by atoms with Gasteiger partial charge in [0.15, 0.2) is 0 Å². The average molecular weight is 765 g/mol. The summed E-state index contributed by atoms with van der Waals surface area (Å²) in [6.45, 7) is 2.91. The van der Waals surface area contributed by atoms with Crippen LogP contribution in [0.5, 0.6) is 0 Å². The summed E-state index contributed by atoms with van der Waals surface area (Å²) in [5.41, 5.74) is 0.569. The molecular formula is C32H49IN4O9. The Balaban J connectivity index is 2.02. The molecule has 0 heterocycles. The fourth-order valence-electron chi connectivity index (χ4n) is 4.37. The van der Waals surface area contributed by atoms with Crippen molar-refractivity contribution in [3.63, 3.8) is 0 Å². The lowest BCUT2D eigenvalue weighted by atomic mass is 10.1. The van der Waals surface area contributed by atoms with Crippen LogP contribution in [0.1, 0.15) is 107 Å². The molecule has 0 aliphatic rings. The minimum atomic E-state index is -1.08. The van der Waals surface area contributed by atoms with E-state index < -0.39 is 24.1 Å². The third-order valence-electron chi connectivity index (χ3n) is 7.03. The summed E-state index contributed by atoms with van der Waals surface area (Å²) in [4.78, 5) is 70.2. The normalized spacial score (nSPS) is 12.0. The van der Waals surface area contributed by atoms with Crippen LogP contribution in [0.2, 0.25) is 0 Å². The van der Waals surface area contributed by atoms with Crippen molar-refractivity contribution in [3.8, 4) is 0 Å². The second-order valence-corrected chi connectivity index (χ2v) is 12.4. The van der Waals surface area contributed by atoms with Crippen LogP contribution in [0.15, 0.2) is 24.3 Å². The third kappa shape index (κ3) is 21.3. The van der Waals surface area contributed by atoms with Crippen LogP contribution in [0.4, 0.5) is 4.79 Å². The van der Waals surface area contributed by atoms with Crippen molar-refractivity contribution in [2.75, 3.05) is 19.7 Å². The molecule has 0 saturated heterocycles. The van der Waals surface area contributed by atoms with E-state index in [9.17, 15) is 33.9 Å². The van der Waals surface area contributed by atoms with E-state index in [1.165, 1.54) is 0 Å². The van der Waals surface area contributed by atoms with Gasteiger partial charge in [-0.15, -0.1) is 0 Å². The molecule has 46 heavy (non-hydrogen) atoms. The highest BCUT2D eigenvalue weighted by atomic mass is 131. The Morgan fingerprint density at radius 3 is 1.98 bits per heavy atom. The van der Waals surface area contributed by atoms with E-state index in [4.69, 9.17) is 9.84 Å². The smallest absolute Gasteiger partial charge is 0.407 e. The Bertz CT molecular complexity index is 1100. The second kappa shape index (κ2) is 24.8. The van der Waals surface area contributed by atoms with Gasteiger partial charge in [0.1, 0.15) is 6.04 Å². The molecule has 0 spiro atoms. The summed E-state index contributed by atoms with van der Waals surface area (Å²) in [5, 5.41) is 29.0. The van der Waals surface area contributed by atoms with Crippen LogP contribution >= 0.6 is 22.6 Å². The van der Waals surface area contributed by atoms with Crippen molar-refractivity contribution in [1.82, 2.24) is 21.3 Å². The van der Waals surface area contributed by atoms with Crippen molar-refractivity contribution >= 4 is 58.3 Å². The minimum absolute atomic E-state index is 0.0227. The van der Waals surface area contributed by atoms with E-state index in [-0.39, 0.29) is 49.6 Å². The molecule has 6 N–H and O–H groups in total. The van der Waals surface area contributed by atoms with E-state index in [0.717, 1.165) is 29.3 Å². The first kappa shape index (κ1) is 40.6. The van der Waals surface area contributed by atoms with Crippen LogP contribution in [0.25, 0.3) is 0 Å². The summed E-state index contributed by atoms with van der Waals surface area (Å²) >= 11 is 2.16. The monoisotopic (exact) mass is 764 g/mol. The summed E-state index contributed by atoms with van der Waals surface area (Å²) in [7, 11) is 0. The number of hydrogen-bond acceptors (Lipinski definition) is 7. The fourth-order valence-corrected chi connectivity index (χ4v) is 4.73. The minimum Gasteiger partial charge on any atom is -0.481 e. The number of carboxylic acid groups (broad SMARTS) is 2.